The van der Waals surface area contributed by atoms with Crippen LogP contribution in [0.4, 0.5) is 0 Å². The Hall–Kier alpha value is -2.57. The molecule has 0 amide bonds. The van der Waals surface area contributed by atoms with Crippen LogP contribution in [0, 0.1) is 5.41 Å². The summed E-state index contributed by atoms with van der Waals surface area (Å²) in [5.41, 5.74) is -0.492. The third-order valence-electron chi connectivity index (χ3n) is 4.14. The molecule has 0 aromatic heterocycles. The zero-order valence-electron chi connectivity index (χ0n) is 12.1. The highest BCUT2D eigenvalue weighted by Gasteiger charge is 2.69. The van der Waals surface area contributed by atoms with Gasteiger partial charge in [0, 0.05) is 11.5 Å². The highest BCUT2D eigenvalue weighted by atomic mass is 16.7. The fraction of sp³-hybridized carbons (Fsp3) is 0.400. The van der Waals surface area contributed by atoms with Crippen molar-refractivity contribution in [2.45, 2.75) is 12.3 Å². The van der Waals surface area contributed by atoms with Gasteiger partial charge in [0.05, 0.1) is 14.2 Å². The number of fused-ring (bicyclic) bond motifs is 1. The SMILES string of the molecule is COC(=O)C1(C(=O)OC)CC1c1cc2c(cc1C=O)OCO2. The van der Waals surface area contributed by atoms with E-state index in [1.807, 2.05) is 0 Å². The summed E-state index contributed by atoms with van der Waals surface area (Å²) in [5.74, 6) is -0.871. The largest absolute Gasteiger partial charge is 0.468 e. The van der Waals surface area contributed by atoms with E-state index in [9.17, 15) is 14.4 Å². The quantitative estimate of drug-likeness (QED) is 0.466. The van der Waals surface area contributed by atoms with Gasteiger partial charge >= 0.3 is 11.9 Å². The first-order chi connectivity index (χ1) is 10.6. The summed E-state index contributed by atoms with van der Waals surface area (Å²) in [4.78, 5) is 35.4. The molecule has 22 heavy (non-hydrogen) atoms. The van der Waals surface area contributed by atoms with E-state index in [4.69, 9.17) is 18.9 Å². The van der Waals surface area contributed by atoms with Crippen LogP contribution in [0.25, 0.3) is 0 Å². The highest BCUT2D eigenvalue weighted by Crippen LogP contribution is 2.62. The lowest BCUT2D eigenvalue weighted by Crippen LogP contribution is -2.30. The van der Waals surface area contributed by atoms with Crippen molar-refractivity contribution in [2.75, 3.05) is 21.0 Å². The number of carbonyl (C=O) groups excluding carboxylic acids is 3. The summed E-state index contributed by atoms with van der Waals surface area (Å²) in [5, 5.41) is 0. The van der Waals surface area contributed by atoms with Crippen LogP contribution in [0.15, 0.2) is 12.1 Å². The van der Waals surface area contributed by atoms with Crippen LogP contribution in [0.2, 0.25) is 0 Å². The number of hydrogen-bond donors (Lipinski definition) is 0. The monoisotopic (exact) mass is 306 g/mol. The van der Waals surface area contributed by atoms with Crippen LogP contribution in [-0.4, -0.2) is 39.2 Å². The van der Waals surface area contributed by atoms with Gasteiger partial charge in [-0.1, -0.05) is 0 Å². The average molecular weight is 306 g/mol. The normalized spacial score (nSPS) is 20.2. The number of benzene rings is 1. The molecule has 1 aromatic carbocycles. The zero-order valence-corrected chi connectivity index (χ0v) is 12.1. The minimum atomic E-state index is -1.39. The highest BCUT2D eigenvalue weighted by molar-refractivity contribution is 6.05. The average Bonchev–Trinajstić information content (AvgIpc) is 3.14. The first kappa shape index (κ1) is 14.4. The van der Waals surface area contributed by atoms with Crippen molar-refractivity contribution in [1.29, 1.82) is 0 Å². The fourth-order valence-corrected chi connectivity index (χ4v) is 2.91. The van der Waals surface area contributed by atoms with E-state index in [1.54, 1.807) is 12.1 Å². The summed E-state index contributed by atoms with van der Waals surface area (Å²) in [7, 11) is 2.42. The van der Waals surface area contributed by atoms with Gasteiger partial charge in [-0.2, -0.15) is 0 Å². The summed E-state index contributed by atoms with van der Waals surface area (Å²) in [6.45, 7) is 0.0703. The van der Waals surface area contributed by atoms with Crippen LogP contribution < -0.4 is 9.47 Å². The molecule has 0 bridgehead atoms. The molecule has 7 heteroatoms. The molecular formula is C15H14O7. The van der Waals surface area contributed by atoms with Crippen molar-refractivity contribution in [3.8, 4) is 11.5 Å². The van der Waals surface area contributed by atoms with Crippen LogP contribution >= 0.6 is 0 Å². The molecule has 1 saturated carbocycles. The van der Waals surface area contributed by atoms with E-state index < -0.39 is 23.3 Å². The van der Waals surface area contributed by atoms with Gasteiger partial charge in [-0.25, -0.2) is 0 Å². The molecule has 1 atom stereocenters. The van der Waals surface area contributed by atoms with Crippen molar-refractivity contribution in [1.82, 2.24) is 0 Å². The minimum Gasteiger partial charge on any atom is -0.468 e. The van der Waals surface area contributed by atoms with Crippen LogP contribution in [0.3, 0.4) is 0 Å². The molecule has 1 aliphatic heterocycles. The zero-order chi connectivity index (χ0) is 15.9. The Kier molecular flexibility index (Phi) is 3.27. The molecule has 1 unspecified atom stereocenters. The Morgan fingerprint density at radius 1 is 1.18 bits per heavy atom. The molecule has 0 N–H and O–H groups in total. The van der Waals surface area contributed by atoms with Gasteiger partial charge in [0.25, 0.3) is 0 Å². The molecule has 1 aromatic rings. The topological polar surface area (TPSA) is 88.1 Å². The van der Waals surface area contributed by atoms with Gasteiger partial charge in [-0.05, 0) is 24.1 Å². The molecule has 1 aliphatic carbocycles. The van der Waals surface area contributed by atoms with E-state index in [1.165, 1.54) is 14.2 Å². The number of aldehydes is 1. The van der Waals surface area contributed by atoms with Gasteiger partial charge in [0.2, 0.25) is 6.79 Å². The molecule has 0 radical (unpaired) electrons. The Morgan fingerprint density at radius 2 is 1.77 bits per heavy atom. The van der Waals surface area contributed by atoms with Gasteiger partial charge in [0.15, 0.2) is 16.9 Å². The maximum absolute atomic E-state index is 12.0. The van der Waals surface area contributed by atoms with Crippen molar-refractivity contribution < 1.29 is 33.3 Å². The third-order valence-corrected chi connectivity index (χ3v) is 4.14. The summed E-state index contributed by atoms with van der Waals surface area (Å²) >= 11 is 0. The van der Waals surface area contributed by atoms with E-state index in [2.05, 4.69) is 0 Å². The molecule has 1 heterocycles. The van der Waals surface area contributed by atoms with E-state index in [0.717, 1.165) is 0 Å². The van der Waals surface area contributed by atoms with Crippen molar-refractivity contribution in [3.05, 3.63) is 23.3 Å². The van der Waals surface area contributed by atoms with Crippen molar-refractivity contribution in [2.24, 2.45) is 5.41 Å². The maximum Gasteiger partial charge on any atom is 0.323 e. The van der Waals surface area contributed by atoms with E-state index >= 15 is 0 Å². The molecule has 116 valence electrons. The second kappa shape index (κ2) is 5.01. The Morgan fingerprint density at radius 3 is 2.32 bits per heavy atom. The van der Waals surface area contributed by atoms with Gasteiger partial charge < -0.3 is 18.9 Å². The Labute approximate surface area is 126 Å². The molecule has 2 aliphatic rings. The lowest BCUT2D eigenvalue weighted by molar-refractivity contribution is -0.161. The number of esters is 2. The third kappa shape index (κ3) is 1.85. The number of hydrogen-bond acceptors (Lipinski definition) is 7. The Balaban J connectivity index is 2.04. The molecule has 7 nitrogen and oxygen atoms in total. The van der Waals surface area contributed by atoms with Crippen molar-refractivity contribution in [3.63, 3.8) is 0 Å². The van der Waals surface area contributed by atoms with Gasteiger partial charge in [-0.15, -0.1) is 0 Å². The van der Waals surface area contributed by atoms with Gasteiger partial charge in [0.1, 0.15) is 6.29 Å². The predicted octanol–water partition coefficient (Wildman–Crippen LogP) is 1.05. The van der Waals surface area contributed by atoms with Gasteiger partial charge in [-0.3, -0.25) is 14.4 Å². The molecular weight excluding hydrogens is 292 g/mol. The summed E-state index contributed by atoms with van der Waals surface area (Å²) < 4.78 is 20.0. The fourth-order valence-electron chi connectivity index (χ4n) is 2.91. The Bertz CT molecular complexity index is 648. The molecule has 0 spiro atoms. The molecule has 0 saturated heterocycles. The second-order valence-corrected chi connectivity index (χ2v) is 5.16. The lowest BCUT2D eigenvalue weighted by Gasteiger charge is -2.13. The number of methoxy groups -OCH3 is 2. The molecule has 3 rings (SSSR count). The molecule has 1 fully saturated rings. The number of ether oxygens (including phenoxy) is 4. The first-order valence-electron chi connectivity index (χ1n) is 6.64. The lowest BCUT2D eigenvalue weighted by atomic mass is 9.95. The number of rotatable bonds is 4. The maximum atomic E-state index is 12.0. The first-order valence-corrected chi connectivity index (χ1v) is 6.64. The summed E-state index contributed by atoms with van der Waals surface area (Å²) in [6.07, 6.45) is 0.891. The van der Waals surface area contributed by atoms with Crippen LogP contribution in [0.5, 0.6) is 11.5 Å². The standard InChI is InChI=1S/C15H14O7/c1-19-13(17)15(14(18)20-2)5-10(15)9-4-12-11(21-7-22-12)3-8(9)6-16/h3-4,6,10H,5,7H2,1-2H3. The van der Waals surface area contributed by atoms with E-state index in [-0.39, 0.29) is 13.2 Å². The number of carbonyl (C=O) groups is 3. The predicted molar refractivity (Wildman–Crippen MR) is 71.8 cm³/mol. The second-order valence-electron chi connectivity index (χ2n) is 5.16. The summed E-state index contributed by atoms with van der Waals surface area (Å²) in [6, 6.07) is 3.17. The van der Waals surface area contributed by atoms with E-state index in [0.29, 0.717) is 28.9 Å². The van der Waals surface area contributed by atoms with Crippen LogP contribution in [0.1, 0.15) is 28.3 Å². The smallest absolute Gasteiger partial charge is 0.323 e. The van der Waals surface area contributed by atoms with Crippen molar-refractivity contribution >= 4 is 18.2 Å². The minimum absolute atomic E-state index is 0.0703. The van der Waals surface area contributed by atoms with Crippen LogP contribution in [-0.2, 0) is 19.1 Å².